The van der Waals surface area contributed by atoms with Gasteiger partial charge < -0.3 is 14.2 Å². The lowest BCUT2D eigenvalue weighted by Gasteiger charge is -2.18. The van der Waals surface area contributed by atoms with Crippen molar-refractivity contribution >= 4 is 17.9 Å². The number of rotatable bonds is 60. The minimum atomic E-state index is -0.792. The van der Waals surface area contributed by atoms with Crippen LogP contribution in [0.15, 0.2) is 85.1 Å². The second-order valence-corrected chi connectivity index (χ2v) is 22.0. The monoisotopic (exact) mass is 1070 g/mol. The smallest absolute Gasteiger partial charge is 0.306 e. The lowest BCUT2D eigenvalue weighted by molar-refractivity contribution is -0.167. The molecule has 0 aliphatic rings. The van der Waals surface area contributed by atoms with E-state index >= 15 is 0 Å². The zero-order valence-corrected chi connectivity index (χ0v) is 51.0. The van der Waals surface area contributed by atoms with Gasteiger partial charge in [-0.15, -0.1) is 0 Å². The summed E-state index contributed by atoms with van der Waals surface area (Å²) in [7, 11) is 0. The quantitative estimate of drug-likeness (QED) is 0.0261. The molecule has 1 atom stereocenters. The first-order chi connectivity index (χ1) is 38.0. The van der Waals surface area contributed by atoms with Crippen LogP contribution in [0.4, 0.5) is 0 Å². The van der Waals surface area contributed by atoms with Crippen molar-refractivity contribution < 1.29 is 28.6 Å². The lowest BCUT2D eigenvalue weighted by atomic mass is 10.1. The van der Waals surface area contributed by atoms with E-state index in [0.29, 0.717) is 19.3 Å². The molecule has 0 saturated heterocycles. The largest absolute Gasteiger partial charge is 0.462 e. The Morgan fingerprint density at radius 2 is 0.468 bits per heavy atom. The molecule has 1 unspecified atom stereocenters. The highest BCUT2D eigenvalue weighted by Crippen LogP contribution is 2.16. The second kappa shape index (κ2) is 65.1. The third kappa shape index (κ3) is 63.3. The third-order valence-electron chi connectivity index (χ3n) is 14.3. The van der Waals surface area contributed by atoms with Crippen molar-refractivity contribution in [1.29, 1.82) is 0 Å². The van der Waals surface area contributed by atoms with Gasteiger partial charge in [-0.05, 0) is 122 Å². The molecule has 0 saturated carbocycles. The summed E-state index contributed by atoms with van der Waals surface area (Å²) in [6.45, 7) is 6.60. The van der Waals surface area contributed by atoms with E-state index in [1.807, 2.05) is 0 Å². The number of allylic oxidation sites excluding steroid dienone is 14. The number of carbonyl (C=O) groups excluding carboxylic acids is 3. The molecule has 0 aliphatic carbocycles. The molecule has 0 aromatic heterocycles. The summed E-state index contributed by atoms with van der Waals surface area (Å²) in [5.41, 5.74) is 0. The lowest BCUT2D eigenvalue weighted by Crippen LogP contribution is -2.30. The molecule has 0 amide bonds. The van der Waals surface area contributed by atoms with Gasteiger partial charge in [0.15, 0.2) is 6.10 Å². The topological polar surface area (TPSA) is 78.9 Å². The van der Waals surface area contributed by atoms with E-state index in [4.69, 9.17) is 14.2 Å². The van der Waals surface area contributed by atoms with Gasteiger partial charge in [-0.3, -0.25) is 14.4 Å². The molecule has 0 rings (SSSR count). The van der Waals surface area contributed by atoms with Crippen molar-refractivity contribution in [3.8, 4) is 0 Å². The Morgan fingerprint density at radius 1 is 0.260 bits per heavy atom. The first-order valence-electron chi connectivity index (χ1n) is 33.1. The summed E-state index contributed by atoms with van der Waals surface area (Å²) in [6, 6.07) is 0. The molecule has 0 fully saturated rings. The predicted molar refractivity (Wildman–Crippen MR) is 334 cm³/mol. The number of esters is 3. The highest BCUT2D eigenvalue weighted by atomic mass is 16.6. The van der Waals surface area contributed by atoms with Crippen molar-refractivity contribution in [1.82, 2.24) is 0 Å². The van der Waals surface area contributed by atoms with Crippen LogP contribution in [-0.2, 0) is 28.6 Å². The van der Waals surface area contributed by atoms with E-state index in [0.717, 1.165) is 103 Å². The van der Waals surface area contributed by atoms with Gasteiger partial charge in [0.25, 0.3) is 0 Å². The van der Waals surface area contributed by atoms with Crippen molar-refractivity contribution in [2.24, 2.45) is 0 Å². The summed E-state index contributed by atoms with van der Waals surface area (Å²) in [6.07, 6.45) is 85.8. The molecule has 0 aromatic rings. The Kier molecular flexibility index (Phi) is 62.2. The molecular weight excluding hydrogens is 949 g/mol. The standard InChI is InChI=1S/C71H124O6/c1-4-7-10-13-16-19-22-25-28-31-34-35-38-40-43-46-49-52-55-58-61-64-70(73)76-67-68(77-71(74)65-62-59-56-53-50-47-44-41-37-33-30-27-24-21-18-15-12-9-6-3)66-75-69(72)63-60-57-54-51-48-45-42-39-36-32-29-26-23-20-17-14-11-8-5-2/h17-18,20-21,26-27,29-31,34,36-37,39,41,68H,4-16,19,22-25,28,32-33,35,38,40,42-67H2,1-3H3/b20-17-,21-18-,29-26-,30-27-,34-31-,39-36-,41-37-. The fourth-order valence-corrected chi connectivity index (χ4v) is 9.33. The van der Waals surface area contributed by atoms with Gasteiger partial charge in [0.2, 0.25) is 0 Å². The fraction of sp³-hybridized carbons (Fsp3) is 0.761. The molecular formula is C71H124O6. The summed E-state index contributed by atoms with van der Waals surface area (Å²) in [4.78, 5) is 38.4. The maximum absolute atomic E-state index is 12.9. The number of carbonyl (C=O) groups is 3. The maximum Gasteiger partial charge on any atom is 0.306 e. The van der Waals surface area contributed by atoms with Crippen LogP contribution in [-0.4, -0.2) is 37.2 Å². The maximum atomic E-state index is 12.9. The summed E-state index contributed by atoms with van der Waals surface area (Å²) < 4.78 is 16.9. The van der Waals surface area contributed by atoms with Crippen LogP contribution >= 0.6 is 0 Å². The van der Waals surface area contributed by atoms with Crippen LogP contribution in [0.5, 0.6) is 0 Å². The van der Waals surface area contributed by atoms with E-state index in [1.54, 1.807) is 0 Å². The fourth-order valence-electron chi connectivity index (χ4n) is 9.33. The van der Waals surface area contributed by atoms with Crippen LogP contribution < -0.4 is 0 Å². The van der Waals surface area contributed by atoms with E-state index in [1.165, 1.54) is 186 Å². The van der Waals surface area contributed by atoms with E-state index in [9.17, 15) is 14.4 Å². The zero-order chi connectivity index (χ0) is 55.7. The van der Waals surface area contributed by atoms with Crippen molar-refractivity contribution in [3.63, 3.8) is 0 Å². The van der Waals surface area contributed by atoms with Crippen LogP contribution in [0, 0.1) is 0 Å². The Hall–Kier alpha value is -3.41. The minimum absolute atomic E-state index is 0.0864. The van der Waals surface area contributed by atoms with Gasteiger partial charge in [-0.1, -0.05) is 273 Å². The first kappa shape index (κ1) is 73.6. The normalized spacial score (nSPS) is 12.6. The molecule has 0 bridgehead atoms. The van der Waals surface area contributed by atoms with Crippen molar-refractivity contribution in [2.75, 3.05) is 13.2 Å². The molecule has 6 heteroatoms. The molecule has 0 heterocycles. The molecule has 444 valence electrons. The zero-order valence-electron chi connectivity index (χ0n) is 51.0. The number of hydrogen-bond acceptors (Lipinski definition) is 6. The van der Waals surface area contributed by atoms with E-state index in [-0.39, 0.29) is 31.1 Å². The minimum Gasteiger partial charge on any atom is -0.462 e. The van der Waals surface area contributed by atoms with Gasteiger partial charge in [-0.2, -0.15) is 0 Å². The molecule has 6 nitrogen and oxygen atoms in total. The van der Waals surface area contributed by atoms with Gasteiger partial charge in [0.05, 0.1) is 0 Å². The van der Waals surface area contributed by atoms with Gasteiger partial charge in [0.1, 0.15) is 13.2 Å². The van der Waals surface area contributed by atoms with Crippen LogP contribution in [0.25, 0.3) is 0 Å². The van der Waals surface area contributed by atoms with Gasteiger partial charge >= 0.3 is 17.9 Å². The van der Waals surface area contributed by atoms with Gasteiger partial charge in [-0.25, -0.2) is 0 Å². The summed E-state index contributed by atoms with van der Waals surface area (Å²) in [5, 5.41) is 0. The average Bonchev–Trinajstić information content (AvgIpc) is 3.43. The number of hydrogen-bond donors (Lipinski definition) is 0. The summed E-state index contributed by atoms with van der Waals surface area (Å²) in [5.74, 6) is -0.900. The Morgan fingerprint density at radius 3 is 0.766 bits per heavy atom. The molecule has 0 aromatic carbocycles. The highest BCUT2D eigenvalue weighted by Gasteiger charge is 2.19. The first-order valence-corrected chi connectivity index (χ1v) is 33.1. The Bertz CT molecular complexity index is 1470. The van der Waals surface area contributed by atoms with Crippen LogP contribution in [0.3, 0.4) is 0 Å². The van der Waals surface area contributed by atoms with Gasteiger partial charge in [0, 0.05) is 19.3 Å². The molecule has 0 N–H and O–H groups in total. The van der Waals surface area contributed by atoms with Crippen molar-refractivity contribution in [3.05, 3.63) is 85.1 Å². The molecule has 77 heavy (non-hydrogen) atoms. The average molecular weight is 1070 g/mol. The molecule has 0 spiro atoms. The van der Waals surface area contributed by atoms with E-state index in [2.05, 4.69) is 106 Å². The Balaban J connectivity index is 4.42. The van der Waals surface area contributed by atoms with Crippen molar-refractivity contribution in [2.45, 2.75) is 335 Å². The Labute approximate surface area is 477 Å². The van der Waals surface area contributed by atoms with Crippen LogP contribution in [0.1, 0.15) is 329 Å². The molecule has 0 radical (unpaired) electrons. The van der Waals surface area contributed by atoms with E-state index < -0.39 is 6.10 Å². The third-order valence-corrected chi connectivity index (χ3v) is 14.3. The number of unbranched alkanes of at least 4 members (excludes halogenated alkanes) is 35. The number of ether oxygens (including phenoxy) is 3. The van der Waals surface area contributed by atoms with Crippen LogP contribution in [0.2, 0.25) is 0 Å². The second-order valence-electron chi connectivity index (χ2n) is 22.0. The SMILES string of the molecule is CCCCC/C=C\C/C=C\C/C=C\CCCCCCCCC(=O)OCC(COC(=O)CCCCCCCCCCC/C=C\CCCCCCCCCC)OC(=O)CCCCCCCC/C=C\C/C=C\C/C=C\CCCCC. The summed E-state index contributed by atoms with van der Waals surface area (Å²) >= 11 is 0. The molecule has 0 aliphatic heterocycles. The highest BCUT2D eigenvalue weighted by molar-refractivity contribution is 5.71. The predicted octanol–water partition coefficient (Wildman–Crippen LogP) is 22.7.